The first-order valence-corrected chi connectivity index (χ1v) is 9.50. The number of hydrogen-bond donors (Lipinski definition) is 2. The first-order valence-electron chi connectivity index (χ1n) is 9.50. The molecule has 0 radical (unpaired) electrons. The summed E-state index contributed by atoms with van der Waals surface area (Å²) in [6, 6.07) is 10.7. The quantitative estimate of drug-likeness (QED) is 0.349. The van der Waals surface area contributed by atoms with E-state index >= 15 is 0 Å². The van der Waals surface area contributed by atoms with Gasteiger partial charge in [0.2, 0.25) is 0 Å². The van der Waals surface area contributed by atoms with Gasteiger partial charge in [-0.2, -0.15) is 5.10 Å². The van der Waals surface area contributed by atoms with Gasteiger partial charge in [0.1, 0.15) is 5.75 Å². The lowest BCUT2D eigenvalue weighted by molar-refractivity contribution is 0.245. The Morgan fingerprint density at radius 2 is 1.89 bits per heavy atom. The van der Waals surface area contributed by atoms with Crippen molar-refractivity contribution in [1.29, 1.82) is 0 Å². The van der Waals surface area contributed by atoms with Crippen LogP contribution in [0.15, 0.2) is 41.5 Å². The van der Waals surface area contributed by atoms with Gasteiger partial charge in [-0.1, -0.05) is 12.1 Å². The van der Waals surface area contributed by atoms with Crippen LogP contribution in [0.3, 0.4) is 0 Å². The lowest BCUT2D eigenvalue weighted by Crippen LogP contribution is -2.42. The van der Waals surface area contributed by atoms with Crippen LogP contribution < -0.4 is 15.4 Å². The molecular formula is C20H31IN6O. The summed E-state index contributed by atoms with van der Waals surface area (Å²) in [5, 5.41) is 11.1. The summed E-state index contributed by atoms with van der Waals surface area (Å²) in [4.78, 5) is 6.91. The van der Waals surface area contributed by atoms with Gasteiger partial charge in [-0.05, 0) is 49.7 Å². The highest BCUT2D eigenvalue weighted by Gasteiger charge is 2.23. The summed E-state index contributed by atoms with van der Waals surface area (Å²) < 4.78 is 7.17. The number of aryl methyl sites for hydroxylation is 1. The number of ether oxygens (including phenoxy) is 1. The number of aliphatic imine (C=N–C) groups is 1. The summed E-state index contributed by atoms with van der Waals surface area (Å²) in [6.45, 7) is 3.77. The average molecular weight is 498 g/mol. The van der Waals surface area contributed by atoms with Crippen LogP contribution in [-0.4, -0.2) is 54.4 Å². The number of benzene rings is 1. The van der Waals surface area contributed by atoms with Crippen molar-refractivity contribution in [2.45, 2.75) is 25.4 Å². The predicted octanol–water partition coefficient (Wildman–Crippen LogP) is 2.55. The minimum Gasteiger partial charge on any atom is -0.497 e. The first kappa shape index (κ1) is 22.5. The number of nitrogens with one attached hydrogen (secondary N) is 2. The molecule has 2 aromatic rings. The van der Waals surface area contributed by atoms with Crippen molar-refractivity contribution in [3.63, 3.8) is 0 Å². The Morgan fingerprint density at radius 3 is 2.46 bits per heavy atom. The normalized spacial score (nSPS) is 15.8. The zero-order valence-electron chi connectivity index (χ0n) is 16.9. The molecule has 1 fully saturated rings. The van der Waals surface area contributed by atoms with Gasteiger partial charge < -0.3 is 15.4 Å². The van der Waals surface area contributed by atoms with Crippen molar-refractivity contribution in [2.75, 3.05) is 33.8 Å². The molecule has 7 nitrogen and oxygen atoms in total. The molecule has 0 bridgehead atoms. The summed E-state index contributed by atoms with van der Waals surface area (Å²) in [5.74, 6) is 1.69. The third kappa shape index (κ3) is 5.84. The number of guanidine groups is 1. The Kier molecular flexibility index (Phi) is 9.04. The van der Waals surface area contributed by atoms with Gasteiger partial charge in [0.25, 0.3) is 0 Å². The van der Waals surface area contributed by atoms with Crippen molar-refractivity contribution in [3.8, 4) is 5.75 Å². The van der Waals surface area contributed by atoms with Crippen LogP contribution in [0, 0.1) is 0 Å². The minimum atomic E-state index is 0. The van der Waals surface area contributed by atoms with Crippen molar-refractivity contribution in [2.24, 2.45) is 12.0 Å². The SMILES string of the molecule is CN=C(NCc1ccnn1C)NCC(c1ccc(OC)cc1)N1CCCC1.I. The van der Waals surface area contributed by atoms with Gasteiger partial charge in [-0.25, -0.2) is 0 Å². The summed E-state index contributed by atoms with van der Waals surface area (Å²) in [7, 11) is 5.45. The molecular weight excluding hydrogens is 467 g/mol. The molecule has 2 heterocycles. The van der Waals surface area contributed by atoms with E-state index in [-0.39, 0.29) is 24.0 Å². The molecule has 3 rings (SSSR count). The third-order valence-corrected chi connectivity index (χ3v) is 5.13. The second kappa shape index (κ2) is 11.3. The molecule has 0 aliphatic carbocycles. The molecule has 154 valence electrons. The largest absolute Gasteiger partial charge is 0.497 e. The first-order chi connectivity index (χ1) is 13.2. The fourth-order valence-corrected chi connectivity index (χ4v) is 3.50. The maximum absolute atomic E-state index is 5.30. The van der Waals surface area contributed by atoms with Gasteiger partial charge in [0.05, 0.1) is 25.4 Å². The lowest BCUT2D eigenvalue weighted by Gasteiger charge is -2.29. The molecule has 28 heavy (non-hydrogen) atoms. The van der Waals surface area contributed by atoms with E-state index < -0.39 is 0 Å². The van der Waals surface area contributed by atoms with E-state index in [1.807, 2.05) is 29.9 Å². The van der Waals surface area contributed by atoms with E-state index in [2.05, 4.69) is 37.8 Å². The smallest absolute Gasteiger partial charge is 0.191 e. The van der Waals surface area contributed by atoms with Crippen LogP contribution in [0.5, 0.6) is 5.75 Å². The lowest BCUT2D eigenvalue weighted by atomic mass is 10.1. The van der Waals surface area contributed by atoms with Crippen LogP contribution in [0.1, 0.15) is 30.1 Å². The zero-order valence-corrected chi connectivity index (χ0v) is 19.2. The van der Waals surface area contributed by atoms with Gasteiger partial charge in [-0.3, -0.25) is 14.6 Å². The molecule has 2 N–H and O–H groups in total. The Bertz CT molecular complexity index is 739. The molecule has 0 spiro atoms. The Labute approximate surface area is 184 Å². The van der Waals surface area contributed by atoms with Gasteiger partial charge in [-0.15, -0.1) is 24.0 Å². The van der Waals surface area contributed by atoms with Crippen LogP contribution in [0.2, 0.25) is 0 Å². The van der Waals surface area contributed by atoms with Crippen molar-refractivity contribution in [3.05, 3.63) is 47.8 Å². The molecule has 1 aromatic heterocycles. The molecule has 1 atom stereocenters. The molecule has 0 amide bonds. The third-order valence-electron chi connectivity index (χ3n) is 5.13. The maximum Gasteiger partial charge on any atom is 0.191 e. The Balaban J connectivity index is 0.00000280. The standard InChI is InChI=1S/C20H30N6O.HI/c1-21-20(22-14-17-10-11-24-25(17)2)23-15-19(26-12-4-5-13-26)16-6-8-18(27-3)9-7-16;/h6-11,19H,4-5,12-15H2,1-3H3,(H2,21,22,23);1H. The second-order valence-electron chi connectivity index (χ2n) is 6.78. The van der Waals surface area contributed by atoms with E-state index in [0.717, 1.165) is 37.0 Å². The zero-order chi connectivity index (χ0) is 19.1. The molecule has 1 aliphatic rings. The van der Waals surface area contributed by atoms with Gasteiger partial charge in [0.15, 0.2) is 5.96 Å². The van der Waals surface area contributed by atoms with E-state index in [1.165, 1.54) is 18.4 Å². The molecule has 1 aliphatic heterocycles. The summed E-state index contributed by atoms with van der Waals surface area (Å²) in [5.41, 5.74) is 2.41. The summed E-state index contributed by atoms with van der Waals surface area (Å²) in [6.07, 6.45) is 4.33. The van der Waals surface area contributed by atoms with Crippen LogP contribution >= 0.6 is 24.0 Å². The Hall–Kier alpha value is -1.81. The summed E-state index contributed by atoms with van der Waals surface area (Å²) >= 11 is 0. The Morgan fingerprint density at radius 1 is 1.18 bits per heavy atom. The van der Waals surface area contributed by atoms with Crippen LogP contribution in [-0.2, 0) is 13.6 Å². The highest BCUT2D eigenvalue weighted by Crippen LogP contribution is 2.26. The molecule has 8 heteroatoms. The highest BCUT2D eigenvalue weighted by molar-refractivity contribution is 14.0. The van der Waals surface area contributed by atoms with E-state index in [9.17, 15) is 0 Å². The second-order valence-corrected chi connectivity index (χ2v) is 6.78. The molecule has 1 saturated heterocycles. The van der Waals surface area contributed by atoms with Crippen LogP contribution in [0.25, 0.3) is 0 Å². The van der Waals surface area contributed by atoms with Gasteiger partial charge >= 0.3 is 0 Å². The maximum atomic E-state index is 5.30. The highest BCUT2D eigenvalue weighted by atomic mass is 127. The average Bonchev–Trinajstić information content (AvgIpc) is 3.37. The number of likely N-dealkylation sites (tertiary alicyclic amines) is 1. The number of rotatable bonds is 7. The molecule has 1 unspecified atom stereocenters. The molecule has 0 saturated carbocycles. The van der Waals surface area contributed by atoms with Crippen molar-refractivity contribution >= 4 is 29.9 Å². The van der Waals surface area contributed by atoms with E-state index in [4.69, 9.17) is 4.74 Å². The van der Waals surface area contributed by atoms with E-state index in [0.29, 0.717) is 12.6 Å². The number of hydrogen-bond acceptors (Lipinski definition) is 4. The molecule has 1 aromatic carbocycles. The number of methoxy groups -OCH3 is 1. The topological polar surface area (TPSA) is 66.7 Å². The fourth-order valence-electron chi connectivity index (χ4n) is 3.50. The number of aromatic nitrogens is 2. The van der Waals surface area contributed by atoms with Crippen molar-refractivity contribution in [1.82, 2.24) is 25.3 Å². The number of nitrogens with zero attached hydrogens (tertiary/aromatic N) is 4. The van der Waals surface area contributed by atoms with Crippen LogP contribution in [0.4, 0.5) is 0 Å². The van der Waals surface area contributed by atoms with Crippen molar-refractivity contribution < 1.29 is 4.74 Å². The minimum absolute atomic E-state index is 0. The monoisotopic (exact) mass is 498 g/mol. The fraction of sp³-hybridized carbons (Fsp3) is 0.500. The van der Waals surface area contributed by atoms with E-state index in [1.54, 1.807) is 20.4 Å². The van der Waals surface area contributed by atoms with Gasteiger partial charge in [0, 0.05) is 26.8 Å². The number of halogens is 1. The predicted molar refractivity (Wildman–Crippen MR) is 123 cm³/mol.